The lowest BCUT2D eigenvalue weighted by Crippen LogP contribution is -2.58. The van der Waals surface area contributed by atoms with Crippen LogP contribution in [0, 0.1) is 0 Å². The molecule has 8 nitrogen and oxygen atoms in total. The van der Waals surface area contributed by atoms with Gasteiger partial charge in [0.15, 0.2) is 12.4 Å². The zero-order valence-corrected chi connectivity index (χ0v) is 10.0. The fourth-order valence-electron chi connectivity index (χ4n) is 1.51. The van der Waals surface area contributed by atoms with Crippen LogP contribution in [0.5, 0.6) is 0 Å². The Morgan fingerprint density at radius 3 is 2.65 bits per heavy atom. The van der Waals surface area contributed by atoms with Crippen LogP contribution in [0.1, 0.15) is 6.92 Å². The van der Waals surface area contributed by atoms with Crippen LogP contribution in [0.4, 0.5) is 0 Å². The molecule has 1 aliphatic rings. The maximum Gasteiger partial charge on any atom is 0.188 e. The summed E-state index contributed by atoms with van der Waals surface area (Å²) in [7, 11) is 0. The molecule has 0 radical (unpaired) electrons. The Hall–Kier alpha value is -0.130. The van der Waals surface area contributed by atoms with Crippen LogP contribution in [0.3, 0.4) is 0 Å². The minimum Gasteiger partial charge on any atom is -0.750 e. The first kappa shape index (κ1) is 14.9. The Morgan fingerprint density at radius 2 is 2.12 bits per heavy atom. The summed E-state index contributed by atoms with van der Waals surface area (Å²) in [5, 5.41) is 19.2. The van der Waals surface area contributed by atoms with Crippen LogP contribution < -0.4 is 5.73 Å². The average molecular weight is 270 g/mol. The van der Waals surface area contributed by atoms with Gasteiger partial charge in [0.1, 0.15) is 12.2 Å². The third kappa shape index (κ3) is 3.93. The van der Waals surface area contributed by atoms with Crippen molar-refractivity contribution in [1.82, 2.24) is 0 Å². The highest BCUT2D eigenvalue weighted by atomic mass is 32.2. The van der Waals surface area contributed by atoms with Crippen LogP contribution >= 0.6 is 0 Å². The van der Waals surface area contributed by atoms with Gasteiger partial charge in [0, 0.05) is 6.54 Å². The molecule has 0 aromatic carbocycles. The van der Waals surface area contributed by atoms with Crippen LogP contribution in [0.25, 0.3) is 0 Å². The average Bonchev–Trinajstić information content (AvgIpc) is 2.27. The lowest BCUT2D eigenvalue weighted by molar-refractivity contribution is -0.285. The summed E-state index contributed by atoms with van der Waals surface area (Å²) in [4.78, 5) is 0. The molecule has 1 aliphatic heterocycles. The van der Waals surface area contributed by atoms with Crippen molar-refractivity contribution in [2.45, 2.75) is 37.6 Å². The molecule has 4 N–H and O–H groups in total. The second-order valence-corrected chi connectivity index (χ2v) is 4.22. The van der Waals surface area contributed by atoms with Gasteiger partial charge in [0.25, 0.3) is 0 Å². The minimum absolute atomic E-state index is 0.117. The summed E-state index contributed by atoms with van der Waals surface area (Å²) in [6.45, 7) is 1.85. The Bertz CT molecular complexity index is 266. The largest absolute Gasteiger partial charge is 0.750 e. The molecule has 0 bridgehead atoms. The van der Waals surface area contributed by atoms with Gasteiger partial charge in [0.2, 0.25) is 0 Å². The van der Waals surface area contributed by atoms with Gasteiger partial charge in [-0.2, -0.15) is 0 Å². The molecular formula is C8H16NO7S-. The molecule has 0 spiro atoms. The van der Waals surface area contributed by atoms with Crippen molar-refractivity contribution in [2.24, 2.45) is 5.73 Å². The van der Waals surface area contributed by atoms with E-state index in [-0.39, 0.29) is 13.2 Å². The first-order chi connectivity index (χ1) is 7.97. The molecule has 0 aliphatic carbocycles. The maximum atomic E-state index is 10.5. The fraction of sp³-hybridized carbons (Fsp3) is 1.00. The normalized spacial score (nSPS) is 40.2. The van der Waals surface area contributed by atoms with Crippen molar-refractivity contribution in [3.8, 4) is 0 Å². The van der Waals surface area contributed by atoms with Gasteiger partial charge in [-0.3, -0.25) is 4.18 Å². The molecule has 9 heteroatoms. The summed E-state index contributed by atoms with van der Waals surface area (Å²) in [6.07, 6.45) is -5.77. The molecule has 0 aromatic heterocycles. The molecule has 17 heavy (non-hydrogen) atoms. The van der Waals surface area contributed by atoms with Crippen molar-refractivity contribution >= 4 is 11.4 Å². The predicted octanol–water partition coefficient (Wildman–Crippen LogP) is -2.39. The van der Waals surface area contributed by atoms with Crippen LogP contribution in [-0.2, 0) is 25.0 Å². The zero-order valence-electron chi connectivity index (χ0n) is 9.22. The van der Waals surface area contributed by atoms with Crippen molar-refractivity contribution in [1.29, 1.82) is 0 Å². The number of hydrogen-bond donors (Lipinski definition) is 3. The van der Waals surface area contributed by atoms with Gasteiger partial charge < -0.3 is 30.0 Å². The summed E-state index contributed by atoms with van der Waals surface area (Å²) in [5.74, 6) is 0. The zero-order chi connectivity index (χ0) is 13.0. The van der Waals surface area contributed by atoms with E-state index in [1.54, 1.807) is 0 Å². The molecule has 0 amide bonds. The first-order valence-electron chi connectivity index (χ1n) is 5.07. The van der Waals surface area contributed by atoms with E-state index in [2.05, 4.69) is 4.18 Å². The summed E-state index contributed by atoms with van der Waals surface area (Å²) in [5.41, 5.74) is 5.23. The quantitative estimate of drug-likeness (QED) is 0.471. The lowest BCUT2D eigenvalue weighted by atomic mass is 10.0. The molecule has 1 fully saturated rings. The first-order valence-corrected chi connectivity index (χ1v) is 6.07. The molecule has 102 valence electrons. The van der Waals surface area contributed by atoms with E-state index >= 15 is 0 Å². The monoisotopic (exact) mass is 270 g/mol. The van der Waals surface area contributed by atoms with Crippen molar-refractivity contribution < 1.29 is 32.6 Å². The van der Waals surface area contributed by atoms with Crippen LogP contribution in [0.2, 0.25) is 0 Å². The topological polar surface area (TPSA) is 134 Å². The van der Waals surface area contributed by atoms with E-state index in [1.807, 2.05) is 0 Å². The van der Waals surface area contributed by atoms with E-state index < -0.39 is 42.1 Å². The van der Waals surface area contributed by atoms with E-state index in [0.717, 1.165) is 0 Å². The fourth-order valence-corrected chi connectivity index (χ4v) is 1.90. The minimum atomic E-state index is -2.85. The second-order valence-electron chi connectivity index (χ2n) is 3.62. The van der Waals surface area contributed by atoms with Crippen LogP contribution in [0.15, 0.2) is 0 Å². The summed E-state index contributed by atoms with van der Waals surface area (Å²) < 4.78 is 35.7. The third-order valence-corrected chi connectivity index (χ3v) is 2.75. The number of aliphatic hydroxyl groups is 2. The SMILES string of the molecule is C[C@@H]1O[C@@H](OCCN)[C@@H](OS(=O)[O-])[C@H](O)[C@@H]1O. The molecule has 1 unspecified atom stereocenters. The van der Waals surface area contributed by atoms with E-state index in [1.165, 1.54) is 6.92 Å². The van der Waals surface area contributed by atoms with Gasteiger partial charge in [-0.15, -0.1) is 0 Å². The van der Waals surface area contributed by atoms with Gasteiger partial charge in [-0.1, -0.05) is 0 Å². The van der Waals surface area contributed by atoms with Crippen molar-refractivity contribution in [2.75, 3.05) is 13.2 Å². The Balaban J connectivity index is 2.71. The van der Waals surface area contributed by atoms with E-state index in [0.29, 0.717) is 0 Å². The molecule has 1 saturated heterocycles. The Morgan fingerprint density at radius 1 is 1.47 bits per heavy atom. The highest BCUT2D eigenvalue weighted by Gasteiger charge is 2.44. The van der Waals surface area contributed by atoms with E-state index in [4.69, 9.17) is 15.2 Å². The van der Waals surface area contributed by atoms with E-state index in [9.17, 15) is 19.0 Å². The molecule has 6 atom stereocenters. The number of aliphatic hydroxyl groups excluding tert-OH is 2. The third-order valence-electron chi connectivity index (χ3n) is 2.37. The number of nitrogens with two attached hydrogens (primary N) is 1. The van der Waals surface area contributed by atoms with Crippen molar-refractivity contribution in [3.05, 3.63) is 0 Å². The Kier molecular flexibility index (Phi) is 5.89. The number of ether oxygens (including phenoxy) is 2. The number of hydrogen-bond acceptors (Lipinski definition) is 8. The molecule has 0 saturated carbocycles. The molecule has 1 heterocycles. The predicted molar refractivity (Wildman–Crippen MR) is 55.1 cm³/mol. The van der Waals surface area contributed by atoms with Gasteiger partial charge in [-0.25, -0.2) is 4.21 Å². The maximum absolute atomic E-state index is 10.5. The second kappa shape index (κ2) is 6.71. The van der Waals surface area contributed by atoms with Gasteiger partial charge in [-0.05, 0) is 6.92 Å². The van der Waals surface area contributed by atoms with Gasteiger partial charge in [0.05, 0.1) is 24.1 Å². The summed E-state index contributed by atoms with van der Waals surface area (Å²) in [6, 6.07) is 0. The van der Waals surface area contributed by atoms with Gasteiger partial charge >= 0.3 is 0 Å². The highest BCUT2D eigenvalue weighted by molar-refractivity contribution is 7.74. The van der Waals surface area contributed by atoms with Crippen LogP contribution in [-0.4, -0.2) is 62.8 Å². The van der Waals surface area contributed by atoms with Crippen molar-refractivity contribution in [3.63, 3.8) is 0 Å². The smallest absolute Gasteiger partial charge is 0.188 e. The molecular weight excluding hydrogens is 254 g/mol. The number of rotatable bonds is 5. The highest BCUT2D eigenvalue weighted by Crippen LogP contribution is 2.24. The summed E-state index contributed by atoms with van der Waals surface area (Å²) >= 11 is -2.85. The Labute approximate surface area is 101 Å². The molecule has 0 aromatic rings. The standard InChI is InChI=1S/C8H17NO7S/c1-4-5(10)6(11)7(16-17(12)13)8(15-4)14-3-2-9/h4-8,10-11H,2-3,9H2,1H3,(H,12,13)/p-1/t4-,5+,6+,7-,8+/m0/s1. The lowest BCUT2D eigenvalue weighted by Gasteiger charge is -2.40. The molecule has 1 rings (SSSR count).